The number of pyridine rings is 1. The van der Waals surface area contributed by atoms with E-state index in [4.69, 9.17) is 4.74 Å². The molecule has 0 bridgehead atoms. The molecular weight excluding hydrogens is 306 g/mol. The average Bonchev–Trinajstić information content (AvgIpc) is 3.11. The summed E-state index contributed by atoms with van der Waals surface area (Å²) in [6.45, 7) is 6.49. The quantitative estimate of drug-likeness (QED) is 0.801. The van der Waals surface area contributed by atoms with Crippen molar-refractivity contribution in [2.75, 3.05) is 11.9 Å². The molecule has 2 aromatic rings. The highest BCUT2D eigenvalue weighted by molar-refractivity contribution is 5.87. The maximum Gasteiger partial charge on any atom is 0.407 e. The second kappa shape index (κ2) is 6.67. The molecule has 0 aromatic carbocycles. The monoisotopic (exact) mass is 331 g/mol. The van der Waals surface area contributed by atoms with Gasteiger partial charge in [-0.05, 0) is 52.0 Å². The summed E-state index contributed by atoms with van der Waals surface area (Å²) in [6.07, 6.45) is 6.27. The van der Waals surface area contributed by atoms with E-state index >= 15 is 0 Å². The summed E-state index contributed by atoms with van der Waals surface area (Å²) in [5.41, 5.74) is 1.37. The number of H-pyrrole nitrogens is 1. The van der Waals surface area contributed by atoms with Gasteiger partial charge in [0, 0.05) is 24.5 Å². The Bertz CT molecular complexity index is 706. The van der Waals surface area contributed by atoms with Crippen LogP contribution in [0.2, 0.25) is 0 Å². The van der Waals surface area contributed by atoms with Crippen LogP contribution in [0, 0.1) is 5.92 Å². The Morgan fingerprint density at radius 3 is 3.04 bits per heavy atom. The Morgan fingerprint density at radius 1 is 1.42 bits per heavy atom. The highest BCUT2D eigenvalue weighted by Crippen LogP contribution is 2.27. The third-order valence-corrected chi connectivity index (χ3v) is 4.20. The number of fused-ring (bicyclic) bond motifs is 1. The summed E-state index contributed by atoms with van der Waals surface area (Å²) < 4.78 is 5.32. The van der Waals surface area contributed by atoms with Crippen molar-refractivity contribution < 1.29 is 9.53 Å². The number of nitrogens with zero attached hydrogens (tertiary/aromatic N) is 2. The molecular formula is C17H25N5O2. The maximum atomic E-state index is 11.9. The Morgan fingerprint density at radius 2 is 2.25 bits per heavy atom. The fourth-order valence-electron chi connectivity index (χ4n) is 3.13. The molecule has 0 spiro atoms. The third kappa shape index (κ3) is 4.15. The molecule has 1 amide bonds. The van der Waals surface area contributed by atoms with Crippen molar-refractivity contribution in [1.29, 1.82) is 0 Å². The summed E-state index contributed by atoms with van der Waals surface area (Å²) in [6, 6.07) is 2.15. The first-order valence-corrected chi connectivity index (χ1v) is 8.42. The number of hydrogen-bond donors (Lipinski definition) is 3. The lowest BCUT2D eigenvalue weighted by Crippen LogP contribution is -2.38. The van der Waals surface area contributed by atoms with Crippen molar-refractivity contribution in [1.82, 2.24) is 20.5 Å². The van der Waals surface area contributed by atoms with Gasteiger partial charge < -0.3 is 15.4 Å². The fourth-order valence-corrected chi connectivity index (χ4v) is 3.13. The number of carbonyl (C=O) groups excluding carboxylic acids is 1. The van der Waals surface area contributed by atoms with Gasteiger partial charge in [-0.2, -0.15) is 5.10 Å². The van der Waals surface area contributed by atoms with E-state index in [9.17, 15) is 4.79 Å². The highest BCUT2D eigenvalue weighted by atomic mass is 16.6. The number of amides is 1. The van der Waals surface area contributed by atoms with Gasteiger partial charge in [-0.3, -0.25) is 5.10 Å². The molecule has 3 rings (SSSR count). The van der Waals surface area contributed by atoms with Crippen LogP contribution >= 0.6 is 0 Å². The molecule has 0 radical (unpaired) electrons. The molecule has 2 atom stereocenters. The minimum absolute atomic E-state index is 0.193. The number of aromatic nitrogens is 3. The molecule has 0 unspecified atom stereocenters. The van der Waals surface area contributed by atoms with Crippen molar-refractivity contribution >= 4 is 22.8 Å². The van der Waals surface area contributed by atoms with Crippen molar-refractivity contribution in [2.45, 2.75) is 51.7 Å². The van der Waals surface area contributed by atoms with Crippen LogP contribution in [0.15, 0.2) is 18.5 Å². The molecule has 0 aliphatic heterocycles. The predicted octanol–water partition coefficient (Wildman–Crippen LogP) is 3.06. The zero-order chi connectivity index (χ0) is 17.2. The molecule has 2 aromatic heterocycles. The Hall–Kier alpha value is -2.31. The van der Waals surface area contributed by atoms with Gasteiger partial charge in [0.2, 0.25) is 0 Å². The predicted molar refractivity (Wildman–Crippen MR) is 92.9 cm³/mol. The Labute approximate surface area is 141 Å². The van der Waals surface area contributed by atoms with Gasteiger partial charge in [-0.15, -0.1) is 0 Å². The fraction of sp³-hybridized carbons (Fsp3) is 0.588. The van der Waals surface area contributed by atoms with Gasteiger partial charge in [0.1, 0.15) is 5.60 Å². The average molecular weight is 331 g/mol. The molecule has 1 aliphatic rings. The van der Waals surface area contributed by atoms with Gasteiger partial charge in [-0.25, -0.2) is 9.78 Å². The van der Waals surface area contributed by atoms with E-state index in [0.717, 1.165) is 42.5 Å². The van der Waals surface area contributed by atoms with Crippen LogP contribution in [0.5, 0.6) is 0 Å². The van der Waals surface area contributed by atoms with E-state index in [1.807, 2.05) is 26.8 Å². The zero-order valence-electron chi connectivity index (χ0n) is 14.4. The molecule has 1 aliphatic carbocycles. The van der Waals surface area contributed by atoms with Crippen LogP contribution in [0.4, 0.5) is 10.5 Å². The van der Waals surface area contributed by atoms with E-state index in [2.05, 4.69) is 25.8 Å². The number of aromatic amines is 1. The standard InChI is InChI=1S/C17H25N5O2/c1-17(2,3)24-16(23)21-12-5-4-11(8-12)9-19-14-6-7-18-15-13(14)10-20-22-15/h6-7,10-12H,4-5,8-9H2,1-3H3,(H,21,23)(H2,18,19,20,22)/t11-,12+/m0/s1. The Balaban J connectivity index is 1.48. The lowest BCUT2D eigenvalue weighted by molar-refractivity contribution is 0.0505. The van der Waals surface area contributed by atoms with Crippen molar-refractivity contribution in [3.05, 3.63) is 18.5 Å². The van der Waals surface area contributed by atoms with Crippen LogP contribution in [0.25, 0.3) is 11.0 Å². The van der Waals surface area contributed by atoms with Gasteiger partial charge in [-0.1, -0.05) is 0 Å². The highest BCUT2D eigenvalue weighted by Gasteiger charge is 2.27. The van der Waals surface area contributed by atoms with Crippen LogP contribution in [-0.2, 0) is 4.74 Å². The summed E-state index contributed by atoms with van der Waals surface area (Å²) in [7, 11) is 0. The first-order valence-electron chi connectivity index (χ1n) is 8.42. The summed E-state index contributed by atoms with van der Waals surface area (Å²) >= 11 is 0. The minimum atomic E-state index is -0.457. The van der Waals surface area contributed by atoms with Crippen LogP contribution in [0.1, 0.15) is 40.0 Å². The summed E-state index contributed by atoms with van der Waals surface area (Å²) in [4.78, 5) is 16.1. The second-order valence-electron chi connectivity index (χ2n) is 7.39. The smallest absolute Gasteiger partial charge is 0.407 e. The van der Waals surface area contributed by atoms with E-state index in [-0.39, 0.29) is 12.1 Å². The summed E-state index contributed by atoms with van der Waals surface area (Å²) in [5.74, 6) is 0.528. The van der Waals surface area contributed by atoms with E-state index in [1.165, 1.54) is 0 Å². The molecule has 1 fully saturated rings. The molecule has 2 heterocycles. The van der Waals surface area contributed by atoms with Crippen LogP contribution in [-0.4, -0.2) is 39.5 Å². The lowest BCUT2D eigenvalue weighted by atomic mass is 10.1. The number of anilines is 1. The van der Waals surface area contributed by atoms with Crippen molar-refractivity contribution in [2.24, 2.45) is 5.92 Å². The maximum absolute atomic E-state index is 11.9. The number of alkyl carbamates (subject to hydrolysis) is 1. The molecule has 0 saturated heterocycles. The minimum Gasteiger partial charge on any atom is -0.444 e. The normalized spacial score (nSPS) is 21.0. The van der Waals surface area contributed by atoms with Crippen LogP contribution in [0.3, 0.4) is 0 Å². The number of carbonyl (C=O) groups is 1. The van der Waals surface area contributed by atoms with Crippen molar-refractivity contribution in [3.8, 4) is 0 Å². The second-order valence-corrected chi connectivity index (χ2v) is 7.39. The largest absolute Gasteiger partial charge is 0.444 e. The number of rotatable bonds is 4. The first kappa shape index (κ1) is 16.5. The first-order chi connectivity index (χ1) is 11.4. The van der Waals surface area contributed by atoms with E-state index < -0.39 is 5.60 Å². The zero-order valence-corrected chi connectivity index (χ0v) is 14.4. The molecule has 130 valence electrons. The molecule has 7 nitrogen and oxygen atoms in total. The molecule has 3 N–H and O–H groups in total. The number of ether oxygens (including phenoxy) is 1. The lowest BCUT2D eigenvalue weighted by Gasteiger charge is -2.21. The molecule has 1 saturated carbocycles. The van der Waals surface area contributed by atoms with E-state index in [1.54, 1.807) is 12.4 Å². The molecule has 7 heteroatoms. The topological polar surface area (TPSA) is 91.9 Å². The van der Waals surface area contributed by atoms with Crippen molar-refractivity contribution in [3.63, 3.8) is 0 Å². The van der Waals surface area contributed by atoms with E-state index in [0.29, 0.717) is 5.92 Å². The Kier molecular flexibility index (Phi) is 4.59. The SMILES string of the molecule is CC(C)(C)OC(=O)N[C@@H]1CC[C@H](CNc2ccnc3[nH]ncc23)C1. The van der Waals surface area contributed by atoms with Gasteiger partial charge in [0.15, 0.2) is 5.65 Å². The van der Waals surface area contributed by atoms with Gasteiger partial charge in [0.25, 0.3) is 0 Å². The van der Waals surface area contributed by atoms with Crippen LogP contribution < -0.4 is 10.6 Å². The molecule has 24 heavy (non-hydrogen) atoms. The number of nitrogens with one attached hydrogen (secondary N) is 3. The van der Waals surface area contributed by atoms with Gasteiger partial charge >= 0.3 is 6.09 Å². The summed E-state index contributed by atoms with van der Waals surface area (Å²) in [5, 5.41) is 14.4. The van der Waals surface area contributed by atoms with Gasteiger partial charge in [0.05, 0.1) is 11.6 Å². The number of hydrogen-bond acceptors (Lipinski definition) is 5. The third-order valence-electron chi connectivity index (χ3n) is 4.20.